The number of carboxylic acid groups (broad SMARTS) is 1. The van der Waals surface area contributed by atoms with E-state index in [1.807, 2.05) is 6.92 Å². The minimum absolute atomic E-state index is 0.00712. The number of carboxylic acids is 1. The van der Waals surface area contributed by atoms with E-state index in [4.69, 9.17) is 23.2 Å². The molecule has 0 spiro atoms. The molecule has 1 heterocycles. The SMILES string of the molecule is CC(C1CCCCC1)C1N[C@@H](C(=O)O)[C@H](c2cccc(Cl)c2F)[C@@]1(C#N)c1ccc(Cl)cc1F. The van der Waals surface area contributed by atoms with Crippen molar-refractivity contribution in [3.05, 3.63) is 69.2 Å². The minimum Gasteiger partial charge on any atom is -0.480 e. The van der Waals surface area contributed by atoms with Crippen LogP contribution in [0.3, 0.4) is 0 Å². The van der Waals surface area contributed by atoms with E-state index < -0.39 is 41.0 Å². The van der Waals surface area contributed by atoms with Crippen molar-refractivity contribution >= 4 is 29.2 Å². The third kappa shape index (κ3) is 4.08. The molecule has 5 atom stereocenters. The zero-order valence-corrected chi connectivity index (χ0v) is 20.2. The molecule has 2 N–H and O–H groups in total. The molecule has 0 radical (unpaired) electrons. The highest BCUT2D eigenvalue weighted by atomic mass is 35.5. The molecule has 0 bridgehead atoms. The van der Waals surface area contributed by atoms with Crippen molar-refractivity contribution < 1.29 is 18.7 Å². The highest BCUT2D eigenvalue weighted by Crippen LogP contribution is 2.53. The number of hydrogen-bond acceptors (Lipinski definition) is 3. The molecule has 4 nitrogen and oxygen atoms in total. The lowest BCUT2D eigenvalue weighted by Crippen LogP contribution is -2.49. The van der Waals surface area contributed by atoms with Gasteiger partial charge in [-0.2, -0.15) is 5.26 Å². The van der Waals surface area contributed by atoms with Gasteiger partial charge < -0.3 is 5.11 Å². The Morgan fingerprint density at radius 2 is 1.91 bits per heavy atom. The number of nitriles is 1. The molecule has 8 heteroatoms. The highest BCUT2D eigenvalue weighted by Gasteiger charge is 2.62. The van der Waals surface area contributed by atoms with Crippen molar-refractivity contribution in [2.75, 3.05) is 0 Å². The number of benzene rings is 2. The van der Waals surface area contributed by atoms with Gasteiger partial charge in [0, 0.05) is 22.5 Å². The fourth-order valence-corrected chi connectivity index (χ4v) is 6.48. The van der Waals surface area contributed by atoms with Crippen molar-refractivity contribution in [2.45, 2.75) is 62.4 Å². The zero-order valence-electron chi connectivity index (χ0n) is 18.7. The first kappa shape index (κ1) is 24.9. The van der Waals surface area contributed by atoms with Gasteiger partial charge in [0.2, 0.25) is 0 Å². The summed E-state index contributed by atoms with van der Waals surface area (Å²) in [5, 5.41) is 24.0. The van der Waals surface area contributed by atoms with E-state index in [1.54, 1.807) is 0 Å². The second kappa shape index (κ2) is 9.81. The number of nitrogens with one attached hydrogen (secondary N) is 1. The van der Waals surface area contributed by atoms with Crippen LogP contribution in [0.5, 0.6) is 0 Å². The predicted octanol–water partition coefficient (Wildman–Crippen LogP) is 6.46. The average Bonchev–Trinajstić information content (AvgIpc) is 3.17. The molecule has 1 aliphatic carbocycles. The molecule has 2 aromatic rings. The van der Waals surface area contributed by atoms with Gasteiger partial charge in [0.05, 0.1) is 11.1 Å². The first-order valence-electron chi connectivity index (χ1n) is 11.5. The largest absolute Gasteiger partial charge is 0.480 e. The van der Waals surface area contributed by atoms with Gasteiger partial charge in [-0.15, -0.1) is 0 Å². The average molecular weight is 507 g/mol. The number of halogens is 4. The second-order valence-corrected chi connectivity index (χ2v) is 10.3. The molecule has 180 valence electrons. The fourth-order valence-electron chi connectivity index (χ4n) is 6.13. The first-order chi connectivity index (χ1) is 16.2. The van der Waals surface area contributed by atoms with E-state index in [0.29, 0.717) is 0 Å². The molecule has 0 aromatic heterocycles. The van der Waals surface area contributed by atoms with E-state index in [9.17, 15) is 15.2 Å². The van der Waals surface area contributed by atoms with Crippen LogP contribution in [-0.2, 0) is 10.2 Å². The van der Waals surface area contributed by atoms with Crippen LogP contribution in [0.25, 0.3) is 0 Å². The molecule has 34 heavy (non-hydrogen) atoms. The third-order valence-corrected chi connectivity index (χ3v) is 8.26. The minimum atomic E-state index is -1.71. The fraction of sp³-hybridized carbons (Fsp3) is 0.462. The molecular weight excluding hydrogens is 481 g/mol. The summed E-state index contributed by atoms with van der Waals surface area (Å²) in [6.07, 6.45) is 5.11. The maximum atomic E-state index is 15.5. The predicted molar refractivity (Wildman–Crippen MR) is 127 cm³/mol. The highest BCUT2D eigenvalue weighted by molar-refractivity contribution is 6.31. The first-order valence-corrected chi connectivity index (χ1v) is 12.3. The summed E-state index contributed by atoms with van der Waals surface area (Å²) < 4.78 is 30.8. The van der Waals surface area contributed by atoms with Gasteiger partial charge in [0.15, 0.2) is 0 Å². The second-order valence-electron chi connectivity index (χ2n) is 9.44. The molecule has 2 aromatic carbocycles. The zero-order chi connectivity index (χ0) is 24.6. The van der Waals surface area contributed by atoms with Gasteiger partial charge in [-0.1, -0.05) is 80.4 Å². The topological polar surface area (TPSA) is 73.1 Å². The summed E-state index contributed by atoms with van der Waals surface area (Å²) in [6, 6.07) is 8.53. The van der Waals surface area contributed by atoms with Crippen LogP contribution in [0.15, 0.2) is 36.4 Å². The molecule has 2 aliphatic rings. The van der Waals surface area contributed by atoms with Crippen LogP contribution < -0.4 is 5.32 Å². The van der Waals surface area contributed by atoms with Crippen molar-refractivity contribution in [1.82, 2.24) is 5.32 Å². The monoisotopic (exact) mass is 506 g/mol. The molecule has 1 saturated carbocycles. The molecule has 1 saturated heterocycles. The van der Waals surface area contributed by atoms with Gasteiger partial charge in [0.1, 0.15) is 23.1 Å². The Balaban J connectivity index is 1.99. The lowest BCUT2D eigenvalue weighted by molar-refractivity contribution is -0.139. The van der Waals surface area contributed by atoms with Gasteiger partial charge in [0.25, 0.3) is 0 Å². The summed E-state index contributed by atoms with van der Waals surface area (Å²) in [5.41, 5.74) is -1.73. The number of nitrogens with zero attached hydrogens (tertiary/aromatic N) is 1. The molecule has 4 rings (SSSR count). The van der Waals surface area contributed by atoms with Crippen LogP contribution in [0.4, 0.5) is 8.78 Å². The van der Waals surface area contributed by atoms with Crippen LogP contribution >= 0.6 is 23.2 Å². The van der Waals surface area contributed by atoms with Crippen molar-refractivity contribution in [3.63, 3.8) is 0 Å². The number of hydrogen-bond donors (Lipinski definition) is 2. The van der Waals surface area contributed by atoms with E-state index in [0.717, 1.165) is 38.2 Å². The van der Waals surface area contributed by atoms with Gasteiger partial charge in [-0.3, -0.25) is 10.1 Å². The maximum absolute atomic E-state index is 15.5. The van der Waals surface area contributed by atoms with Crippen molar-refractivity contribution in [1.29, 1.82) is 5.26 Å². The lowest BCUT2D eigenvalue weighted by Gasteiger charge is -2.40. The number of rotatable bonds is 5. The van der Waals surface area contributed by atoms with Gasteiger partial charge in [-0.25, -0.2) is 8.78 Å². The van der Waals surface area contributed by atoms with E-state index in [1.165, 1.54) is 30.3 Å². The van der Waals surface area contributed by atoms with E-state index >= 15 is 8.78 Å². The molecular formula is C26H26Cl2F2N2O2. The summed E-state index contributed by atoms with van der Waals surface area (Å²) in [6.45, 7) is 1.98. The van der Waals surface area contributed by atoms with Crippen molar-refractivity contribution in [2.24, 2.45) is 11.8 Å². The van der Waals surface area contributed by atoms with Crippen LogP contribution in [0.2, 0.25) is 10.0 Å². The van der Waals surface area contributed by atoms with Crippen LogP contribution in [0.1, 0.15) is 56.1 Å². The molecule has 0 amide bonds. The normalized spacial score (nSPS) is 28.4. The molecule has 2 fully saturated rings. The Bertz CT molecular complexity index is 1130. The Hall–Kier alpha value is -2.20. The maximum Gasteiger partial charge on any atom is 0.321 e. The Labute approximate surface area is 207 Å². The quantitative estimate of drug-likeness (QED) is 0.488. The van der Waals surface area contributed by atoms with Crippen molar-refractivity contribution in [3.8, 4) is 6.07 Å². The summed E-state index contributed by atoms with van der Waals surface area (Å²) in [4.78, 5) is 12.5. The Morgan fingerprint density at radius 1 is 1.21 bits per heavy atom. The smallest absolute Gasteiger partial charge is 0.321 e. The third-order valence-electron chi connectivity index (χ3n) is 7.74. The number of carbonyl (C=O) groups is 1. The standard InChI is InChI=1S/C26H26Cl2F2N2O2/c1-14(15-6-3-2-4-7-15)24-26(13-31,18-11-10-16(27)12-20(18)29)21(23(32-24)25(33)34)17-8-5-9-19(28)22(17)30/h5,8-12,14-15,21,23-24,32H,2-4,6-7H2,1H3,(H,33,34)/t14?,21-,23+,24?,26+/m0/s1. The van der Waals surface area contributed by atoms with E-state index in [2.05, 4.69) is 11.4 Å². The lowest BCUT2D eigenvalue weighted by atomic mass is 9.60. The molecule has 2 unspecified atom stereocenters. The van der Waals surface area contributed by atoms with E-state index in [-0.39, 0.29) is 33.0 Å². The summed E-state index contributed by atoms with van der Waals surface area (Å²) in [7, 11) is 0. The summed E-state index contributed by atoms with van der Waals surface area (Å²) in [5.74, 6) is -3.93. The van der Waals surface area contributed by atoms with Crippen LogP contribution in [-0.4, -0.2) is 23.2 Å². The number of aliphatic carboxylic acids is 1. The molecule has 1 aliphatic heterocycles. The Morgan fingerprint density at radius 3 is 2.53 bits per heavy atom. The van der Waals surface area contributed by atoms with Gasteiger partial charge in [-0.05, 0) is 35.6 Å². The Kier molecular flexibility index (Phi) is 7.19. The van der Waals surface area contributed by atoms with Gasteiger partial charge >= 0.3 is 5.97 Å². The summed E-state index contributed by atoms with van der Waals surface area (Å²) >= 11 is 12.1. The van der Waals surface area contributed by atoms with Crippen LogP contribution in [0, 0.1) is 34.8 Å².